The molecule has 1 aromatic heterocycles. The van der Waals surface area contributed by atoms with Crippen molar-refractivity contribution in [1.29, 1.82) is 0 Å². The molecule has 0 fully saturated rings. The third-order valence-corrected chi connectivity index (χ3v) is 8.19. The Balaban J connectivity index is 1.50. The second-order valence-corrected chi connectivity index (χ2v) is 11.2. The van der Waals surface area contributed by atoms with E-state index in [-0.39, 0.29) is 17.0 Å². The van der Waals surface area contributed by atoms with Crippen LogP contribution in [0.25, 0.3) is 22.3 Å². The van der Waals surface area contributed by atoms with E-state index in [2.05, 4.69) is 5.32 Å². The monoisotopic (exact) mass is 628 g/mol. The summed E-state index contributed by atoms with van der Waals surface area (Å²) < 4.78 is 40.2. The normalized spacial score (nSPS) is 12.0. The molecular formula is C35H27F3N2O4S. The van der Waals surface area contributed by atoms with Gasteiger partial charge in [-0.15, -0.1) is 0 Å². The Morgan fingerprint density at radius 3 is 1.91 bits per heavy atom. The van der Waals surface area contributed by atoms with Crippen LogP contribution in [0, 0.1) is 0 Å². The van der Waals surface area contributed by atoms with Crippen molar-refractivity contribution in [2.24, 2.45) is 0 Å². The first-order chi connectivity index (χ1) is 21.6. The van der Waals surface area contributed by atoms with Crippen molar-refractivity contribution in [2.75, 3.05) is 11.1 Å². The number of aliphatic carboxylic acids is 1. The number of benzene rings is 4. The fraction of sp³-hybridized carbons (Fsp3) is 0.114. The van der Waals surface area contributed by atoms with E-state index >= 15 is 0 Å². The summed E-state index contributed by atoms with van der Waals surface area (Å²) in [5, 5.41) is 12.7. The van der Waals surface area contributed by atoms with Crippen molar-refractivity contribution in [3.05, 3.63) is 149 Å². The second kappa shape index (κ2) is 13.7. The first-order valence-electron chi connectivity index (χ1n) is 13.9. The van der Waals surface area contributed by atoms with Crippen LogP contribution in [0.4, 0.5) is 18.9 Å². The van der Waals surface area contributed by atoms with Crippen molar-refractivity contribution in [1.82, 2.24) is 4.57 Å². The van der Waals surface area contributed by atoms with Crippen molar-refractivity contribution in [3.63, 3.8) is 0 Å². The van der Waals surface area contributed by atoms with Crippen molar-refractivity contribution in [3.8, 4) is 22.3 Å². The van der Waals surface area contributed by atoms with Gasteiger partial charge < -0.3 is 10.4 Å². The first kappa shape index (κ1) is 31.3. The molecule has 0 bridgehead atoms. The Hall–Kier alpha value is -5.09. The van der Waals surface area contributed by atoms with Gasteiger partial charge in [0.25, 0.3) is 11.5 Å². The zero-order valence-electron chi connectivity index (χ0n) is 23.7. The molecule has 0 aliphatic rings. The van der Waals surface area contributed by atoms with Gasteiger partial charge in [0, 0.05) is 28.8 Å². The number of aromatic nitrogens is 1. The molecule has 0 aliphatic heterocycles. The number of thioether (sulfide) groups is 1. The summed E-state index contributed by atoms with van der Waals surface area (Å²) in [5.41, 5.74) is 2.10. The molecule has 0 radical (unpaired) electrons. The van der Waals surface area contributed by atoms with E-state index in [1.165, 1.54) is 24.0 Å². The molecule has 10 heteroatoms. The molecule has 4 aromatic carbocycles. The Bertz CT molecular complexity index is 1840. The molecule has 1 atom stereocenters. The molecule has 228 valence electrons. The quantitative estimate of drug-likeness (QED) is 0.164. The first-order valence-corrected chi connectivity index (χ1v) is 15.0. The summed E-state index contributed by atoms with van der Waals surface area (Å²) in [5.74, 6) is -1.45. The van der Waals surface area contributed by atoms with Crippen molar-refractivity contribution >= 4 is 29.3 Å². The summed E-state index contributed by atoms with van der Waals surface area (Å²) >= 11 is 1.35. The molecule has 0 aliphatic carbocycles. The van der Waals surface area contributed by atoms with E-state index in [9.17, 15) is 32.7 Å². The average Bonchev–Trinajstić information content (AvgIpc) is 3.05. The van der Waals surface area contributed by atoms with Gasteiger partial charge in [-0.25, -0.2) is 4.79 Å². The van der Waals surface area contributed by atoms with Crippen LogP contribution in [0.3, 0.4) is 0 Å². The van der Waals surface area contributed by atoms with Crippen LogP contribution in [0.15, 0.2) is 126 Å². The highest BCUT2D eigenvalue weighted by Crippen LogP contribution is 2.30. The lowest BCUT2D eigenvalue weighted by atomic mass is 10.0. The predicted octanol–water partition coefficient (Wildman–Crippen LogP) is 8.01. The summed E-state index contributed by atoms with van der Waals surface area (Å²) in [7, 11) is 0. The summed E-state index contributed by atoms with van der Waals surface area (Å²) in [6, 6.07) is 30.4. The van der Waals surface area contributed by atoms with Gasteiger partial charge in [0.1, 0.15) is 11.7 Å². The Morgan fingerprint density at radius 1 is 0.778 bits per heavy atom. The standard InChI is InChI=1S/C35H27F3N2O4S/c36-35(37,38)29-17-15-27(16-18-29)32(41)39-30-19-28(26-13-11-25(12-14-26)24-9-5-2-6-10-24)20-40(33(30)42)31(34(43)44)22-45-21-23-7-3-1-4-8-23/h1-20,31H,21-22H2,(H,39,41)(H,43,44)/t31-/m0/s1. The molecule has 0 saturated carbocycles. The number of rotatable bonds is 10. The maximum absolute atomic E-state index is 13.6. The van der Waals surface area contributed by atoms with E-state index in [1.807, 2.05) is 84.9 Å². The van der Waals surface area contributed by atoms with E-state index in [1.54, 1.807) is 0 Å². The lowest BCUT2D eigenvalue weighted by Crippen LogP contribution is -2.33. The summed E-state index contributed by atoms with van der Waals surface area (Å²) in [6.07, 6.45) is -3.12. The lowest BCUT2D eigenvalue weighted by molar-refractivity contribution is -0.140. The minimum atomic E-state index is -4.57. The number of hydrogen-bond acceptors (Lipinski definition) is 4. The highest BCUT2D eigenvalue weighted by atomic mass is 32.2. The SMILES string of the molecule is O=C(Nc1cc(-c2ccc(-c3ccccc3)cc2)cn([C@@H](CSCc2ccccc2)C(=O)O)c1=O)c1ccc(C(F)(F)F)cc1. The molecule has 1 amide bonds. The van der Waals surface area contributed by atoms with Crippen LogP contribution < -0.4 is 10.9 Å². The van der Waals surface area contributed by atoms with Gasteiger partial charge in [-0.1, -0.05) is 84.9 Å². The van der Waals surface area contributed by atoms with Crippen LogP contribution in [0.2, 0.25) is 0 Å². The van der Waals surface area contributed by atoms with Gasteiger partial charge in [-0.05, 0) is 52.6 Å². The number of carbonyl (C=O) groups excluding carboxylic acids is 1. The molecular weight excluding hydrogens is 601 g/mol. The number of nitrogens with one attached hydrogen (secondary N) is 1. The largest absolute Gasteiger partial charge is 0.480 e. The topological polar surface area (TPSA) is 88.4 Å². The molecule has 45 heavy (non-hydrogen) atoms. The number of amides is 1. The zero-order chi connectivity index (χ0) is 32.0. The number of pyridine rings is 1. The van der Waals surface area contributed by atoms with Gasteiger partial charge >= 0.3 is 12.1 Å². The number of carbonyl (C=O) groups is 2. The van der Waals surface area contributed by atoms with Gasteiger partial charge in [-0.2, -0.15) is 24.9 Å². The smallest absolute Gasteiger partial charge is 0.416 e. The van der Waals surface area contributed by atoms with Gasteiger partial charge in [0.05, 0.1) is 5.56 Å². The van der Waals surface area contributed by atoms with Crippen molar-refractivity contribution in [2.45, 2.75) is 18.0 Å². The molecule has 6 nitrogen and oxygen atoms in total. The Kier molecular flexibility index (Phi) is 9.53. The third-order valence-electron chi connectivity index (χ3n) is 7.10. The Labute approximate surface area is 261 Å². The molecule has 1 heterocycles. The number of halogens is 3. The predicted molar refractivity (Wildman–Crippen MR) is 170 cm³/mol. The summed E-state index contributed by atoms with van der Waals surface area (Å²) in [4.78, 5) is 39.2. The second-order valence-electron chi connectivity index (χ2n) is 10.2. The van der Waals surface area contributed by atoms with E-state index in [0.717, 1.165) is 45.5 Å². The highest BCUT2D eigenvalue weighted by molar-refractivity contribution is 7.98. The molecule has 5 aromatic rings. The molecule has 0 saturated heterocycles. The van der Waals surface area contributed by atoms with Gasteiger partial charge in [0.2, 0.25) is 0 Å². The molecule has 0 spiro atoms. The minimum absolute atomic E-state index is 0.0623. The van der Waals surface area contributed by atoms with Gasteiger partial charge in [-0.3, -0.25) is 14.2 Å². The van der Waals surface area contributed by atoms with Crippen LogP contribution in [0.1, 0.15) is 27.5 Å². The maximum atomic E-state index is 13.6. The molecule has 0 unspecified atom stereocenters. The number of carboxylic acid groups (broad SMARTS) is 1. The fourth-order valence-electron chi connectivity index (χ4n) is 4.71. The van der Waals surface area contributed by atoms with E-state index in [4.69, 9.17) is 0 Å². The minimum Gasteiger partial charge on any atom is -0.480 e. The third kappa shape index (κ3) is 7.71. The number of anilines is 1. The van der Waals surface area contributed by atoms with Crippen LogP contribution in [0.5, 0.6) is 0 Å². The van der Waals surface area contributed by atoms with Crippen molar-refractivity contribution < 1.29 is 27.9 Å². The Morgan fingerprint density at radius 2 is 1.33 bits per heavy atom. The lowest BCUT2D eigenvalue weighted by Gasteiger charge is -2.19. The number of alkyl halides is 3. The maximum Gasteiger partial charge on any atom is 0.416 e. The molecule has 5 rings (SSSR count). The van der Waals surface area contributed by atoms with Crippen LogP contribution >= 0.6 is 11.8 Å². The average molecular weight is 629 g/mol. The van der Waals surface area contributed by atoms with Crippen LogP contribution in [-0.4, -0.2) is 27.3 Å². The number of carboxylic acids is 1. The van der Waals surface area contributed by atoms with E-state index < -0.39 is 35.2 Å². The van der Waals surface area contributed by atoms with Crippen LogP contribution in [-0.2, 0) is 16.7 Å². The van der Waals surface area contributed by atoms with Gasteiger partial charge in [0.15, 0.2) is 0 Å². The number of nitrogens with zero attached hydrogens (tertiary/aromatic N) is 1. The number of hydrogen-bond donors (Lipinski definition) is 2. The van der Waals surface area contributed by atoms with E-state index in [0.29, 0.717) is 16.9 Å². The molecule has 2 N–H and O–H groups in total. The fourth-order valence-corrected chi connectivity index (χ4v) is 5.78. The highest BCUT2D eigenvalue weighted by Gasteiger charge is 2.30. The summed E-state index contributed by atoms with van der Waals surface area (Å²) in [6.45, 7) is 0. The zero-order valence-corrected chi connectivity index (χ0v) is 24.5.